The molecule has 3 atom stereocenters. The molecule has 0 bridgehead atoms. The predicted octanol–water partition coefficient (Wildman–Crippen LogP) is 1.49. The van der Waals surface area contributed by atoms with Crippen LogP contribution >= 0.6 is 0 Å². The summed E-state index contributed by atoms with van der Waals surface area (Å²) < 4.78 is 0. The van der Waals surface area contributed by atoms with Gasteiger partial charge in [-0.15, -0.1) is 0 Å². The average molecular weight is 248 g/mol. The molecule has 18 heavy (non-hydrogen) atoms. The van der Waals surface area contributed by atoms with Gasteiger partial charge in [0.25, 0.3) is 0 Å². The lowest BCUT2D eigenvalue weighted by atomic mass is 10.1. The zero-order valence-electron chi connectivity index (χ0n) is 11.8. The number of likely N-dealkylation sites (N-methyl/N-ethyl adjacent to an activating group) is 1. The molecular weight excluding hydrogens is 224 g/mol. The summed E-state index contributed by atoms with van der Waals surface area (Å²) in [6.07, 6.45) is 1.90. The van der Waals surface area contributed by atoms with Crippen LogP contribution in [-0.2, 0) is 0 Å². The maximum absolute atomic E-state index is 5.84. The summed E-state index contributed by atoms with van der Waals surface area (Å²) in [4.78, 5) is 9.21. The Bertz CT molecular complexity index is 385. The Morgan fingerprint density at radius 1 is 1.39 bits per heavy atom. The van der Waals surface area contributed by atoms with Gasteiger partial charge in [0.1, 0.15) is 5.82 Å². The van der Waals surface area contributed by atoms with Crippen molar-refractivity contribution in [3.05, 3.63) is 23.9 Å². The molecule has 4 heteroatoms. The Kier molecular flexibility index (Phi) is 3.88. The van der Waals surface area contributed by atoms with Crippen molar-refractivity contribution in [1.29, 1.82) is 0 Å². The van der Waals surface area contributed by atoms with Gasteiger partial charge in [0.2, 0.25) is 0 Å². The smallest absolute Gasteiger partial charge is 0.128 e. The van der Waals surface area contributed by atoms with E-state index in [1.165, 1.54) is 0 Å². The van der Waals surface area contributed by atoms with Crippen molar-refractivity contribution in [1.82, 2.24) is 9.88 Å². The molecule has 0 aliphatic carbocycles. The zero-order valence-corrected chi connectivity index (χ0v) is 11.8. The van der Waals surface area contributed by atoms with Crippen LogP contribution in [0.4, 0.5) is 5.82 Å². The molecule has 1 aromatic heterocycles. The van der Waals surface area contributed by atoms with E-state index in [9.17, 15) is 0 Å². The van der Waals surface area contributed by atoms with Crippen LogP contribution < -0.4 is 10.6 Å². The molecule has 0 radical (unpaired) electrons. The van der Waals surface area contributed by atoms with Crippen LogP contribution in [0.3, 0.4) is 0 Å². The average Bonchev–Trinajstić information content (AvgIpc) is 2.71. The maximum Gasteiger partial charge on any atom is 0.128 e. The highest BCUT2D eigenvalue weighted by molar-refractivity contribution is 5.41. The third kappa shape index (κ3) is 2.65. The van der Waals surface area contributed by atoms with Gasteiger partial charge in [-0.1, -0.05) is 13.0 Å². The predicted molar refractivity (Wildman–Crippen MR) is 75.7 cm³/mol. The van der Waals surface area contributed by atoms with E-state index in [4.69, 9.17) is 5.73 Å². The van der Waals surface area contributed by atoms with Crippen LogP contribution in [-0.4, -0.2) is 43.1 Å². The van der Waals surface area contributed by atoms with Crippen LogP contribution in [0.25, 0.3) is 0 Å². The van der Waals surface area contributed by atoms with Crippen LogP contribution in [0.5, 0.6) is 0 Å². The summed E-state index contributed by atoms with van der Waals surface area (Å²) in [5.74, 6) is 1.74. The van der Waals surface area contributed by atoms with Crippen molar-refractivity contribution in [3.8, 4) is 0 Å². The highest BCUT2D eigenvalue weighted by Crippen LogP contribution is 2.25. The molecule has 0 spiro atoms. The molecule has 0 aromatic carbocycles. The quantitative estimate of drug-likeness (QED) is 0.880. The molecule has 0 saturated carbocycles. The Hall–Kier alpha value is -1.13. The molecule has 2 unspecified atom stereocenters. The van der Waals surface area contributed by atoms with Crippen LogP contribution in [0.2, 0.25) is 0 Å². The van der Waals surface area contributed by atoms with Gasteiger partial charge < -0.3 is 15.5 Å². The minimum absolute atomic E-state index is 0.0542. The highest BCUT2D eigenvalue weighted by Gasteiger charge is 2.31. The summed E-state index contributed by atoms with van der Waals surface area (Å²) in [6, 6.07) is 4.84. The SMILES string of the molecule is CC1CN(c2ccc([C@@H](C)N)cn2)CC1N(C)C. The van der Waals surface area contributed by atoms with Crippen molar-refractivity contribution < 1.29 is 0 Å². The lowest BCUT2D eigenvalue weighted by molar-refractivity contribution is 0.266. The molecule has 2 N–H and O–H groups in total. The van der Waals surface area contributed by atoms with Gasteiger partial charge in [-0.2, -0.15) is 0 Å². The Labute approximate surface area is 110 Å². The number of rotatable bonds is 3. The topological polar surface area (TPSA) is 45.4 Å². The number of aromatic nitrogens is 1. The van der Waals surface area contributed by atoms with Crippen molar-refractivity contribution >= 4 is 5.82 Å². The minimum Gasteiger partial charge on any atom is -0.355 e. The van der Waals surface area contributed by atoms with Gasteiger partial charge in [-0.05, 0) is 38.6 Å². The summed E-state index contributed by atoms with van der Waals surface area (Å²) in [5, 5.41) is 0. The third-order valence-electron chi connectivity index (χ3n) is 3.86. The van der Waals surface area contributed by atoms with Gasteiger partial charge in [0.15, 0.2) is 0 Å². The normalized spacial score (nSPS) is 25.8. The first-order chi connectivity index (χ1) is 8.49. The Balaban J connectivity index is 2.09. The van der Waals surface area contributed by atoms with Gasteiger partial charge in [-0.3, -0.25) is 0 Å². The fourth-order valence-electron chi connectivity index (χ4n) is 2.66. The van der Waals surface area contributed by atoms with Gasteiger partial charge >= 0.3 is 0 Å². The van der Waals surface area contributed by atoms with Crippen molar-refractivity contribution in [2.75, 3.05) is 32.1 Å². The molecule has 100 valence electrons. The maximum atomic E-state index is 5.84. The molecule has 1 saturated heterocycles. The van der Waals surface area contributed by atoms with E-state index >= 15 is 0 Å². The monoisotopic (exact) mass is 248 g/mol. The first-order valence-electron chi connectivity index (χ1n) is 6.62. The van der Waals surface area contributed by atoms with Crippen molar-refractivity contribution in [2.45, 2.75) is 25.9 Å². The Morgan fingerprint density at radius 3 is 2.56 bits per heavy atom. The molecule has 2 heterocycles. The lowest BCUT2D eigenvalue weighted by Crippen LogP contribution is -2.34. The highest BCUT2D eigenvalue weighted by atomic mass is 15.3. The fraction of sp³-hybridized carbons (Fsp3) is 0.643. The molecule has 1 fully saturated rings. The molecule has 0 amide bonds. The van der Waals surface area contributed by atoms with E-state index in [-0.39, 0.29) is 6.04 Å². The van der Waals surface area contributed by atoms with E-state index in [1.807, 2.05) is 13.1 Å². The van der Waals surface area contributed by atoms with Crippen LogP contribution in [0.1, 0.15) is 25.5 Å². The van der Waals surface area contributed by atoms with E-state index in [0.717, 1.165) is 24.5 Å². The number of hydrogen-bond acceptors (Lipinski definition) is 4. The second kappa shape index (κ2) is 5.24. The molecule has 2 rings (SSSR count). The van der Waals surface area contributed by atoms with Gasteiger partial charge in [0, 0.05) is 31.4 Å². The fourth-order valence-corrected chi connectivity index (χ4v) is 2.66. The number of pyridine rings is 1. The third-order valence-corrected chi connectivity index (χ3v) is 3.86. The molecule has 1 aliphatic heterocycles. The summed E-state index contributed by atoms with van der Waals surface area (Å²) in [7, 11) is 4.30. The number of hydrogen-bond donors (Lipinski definition) is 1. The zero-order chi connectivity index (χ0) is 13.3. The van der Waals surface area contributed by atoms with Gasteiger partial charge in [-0.25, -0.2) is 4.98 Å². The number of anilines is 1. The first-order valence-corrected chi connectivity index (χ1v) is 6.62. The van der Waals surface area contributed by atoms with E-state index in [1.54, 1.807) is 0 Å². The molecular formula is C14H24N4. The first kappa shape index (κ1) is 13.3. The van der Waals surface area contributed by atoms with Crippen molar-refractivity contribution in [2.24, 2.45) is 11.7 Å². The molecule has 1 aromatic rings. The largest absolute Gasteiger partial charge is 0.355 e. The standard InChI is InChI=1S/C14H24N4/c1-10-8-18(9-13(10)17(3)4)14-6-5-12(7-16-14)11(2)15/h5-7,10-11,13H,8-9,15H2,1-4H3/t10?,11-,13?/m1/s1. The Morgan fingerprint density at radius 2 is 2.11 bits per heavy atom. The minimum atomic E-state index is 0.0542. The molecule has 4 nitrogen and oxygen atoms in total. The second-order valence-corrected chi connectivity index (χ2v) is 5.65. The van der Waals surface area contributed by atoms with E-state index in [0.29, 0.717) is 12.0 Å². The van der Waals surface area contributed by atoms with Crippen LogP contribution in [0.15, 0.2) is 18.3 Å². The lowest BCUT2D eigenvalue weighted by Gasteiger charge is -2.22. The number of nitrogens with two attached hydrogens (primary N) is 1. The van der Waals surface area contributed by atoms with E-state index < -0.39 is 0 Å². The second-order valence-electron chi connectivity index (χ2n) is 5.65. The summed E-state index contributed by atoms with van der Waals surface area (Å²) in [6.45, 7) is 6.42. The van der Waals surface area contributed by atoms with E-state index in [2.05, 4.69) is 47.9 Å². The summed E-state index contributed by atoms with van der Waals surface area (Å²) >= 11 is 0. The summed E-state index contributed by atoms with van der Waals surface area (Å²) in [5.41, 5.74) is 6.93. The molecule has 1 aliphatic rings. The van der Waals surface area contributed by atoms with Gasteiger partial charge in [0.05, 0.1) is 0 Å². The van der Waals surface area contributed by atoms with Crippen molar-refractivity contribution in [3.63, 3.8) is 0 Å². The van der Waals surface area contributed by atoms with Crippen LogP contribution in [0, 0.1) is 5.92 Å². The number of nitrogens with zero attached hydrogens (tertiary/aromatic N) is 3.